The molecule has 1 aliphatic heterocycles. The molecule has 0 N–H and O–H groups in total. The molecular formula is C18H23N3O2. The molecule has 1 amide bonds. The quantitative estimate of drug-likeness (QED) is 0.846. The van der Waals surface area contributed by atoms with E-state index in [9.17, 15) is 4.79 Å². The number of ether oxygens (including phenoxy) is 1. The molecule has 0 aliphatic carbocycles. The number of rotatable bonds is 5. The maximum absolute atomic E-state index is 12.3. The van der Waals surface area contributed by atoms with Crippen molar-refractivity contribution in [3.05, 3.63) is 42.1 Å². The van der Waals surface area contributed by atoms with Gasteiger partial charge >= 0.3 is 0 Å². The average Bonchev–Trinajstić information content (AvgIpc) is 2.74. The number of benzene rings is 1. The standard InChI is InChI=1S/C18H23N3O2/c1-23-12-11-21-10-4-9-20(14-18(21)22)13-16-8-7-15-5-2-3-6-17(15)19-16/h2-3,5-8H,4,9-14H2,1H3. The minimum atomic E-state index is 0.181. The van der Waals surface area contributed by atoms with E-state index in [1.807, 2.05) is 23.1 Å². The Morgan fingerprint density at radius 1 is 1.17 bits per heavy atom. The van der Waals surface area contributed by atoms with E-state index in [0.29, 0.717) is 26.2 Å². The van der Waals surface area contributed by atoms with Crippen LogP contribution in [0.4, 0.5) is 0 Å². The topological polar surface area (TPSA) is 45.7 Å². The highest BCUT2D eigenvalue weighted by Crippen LogP contribution is 2.14. The minimum absolute atomic E-state index is 0.181. The number of aromatic nitrogens is 1. The van der Waals surface area contributed by atoms with Crippen molar-refractivity contribution in [3.8, 4) is 0 Å². The smallest absolute Gasteiger partial charge is 0.236 e. The zero-order chi connectivity index (χ0) is 16.1. The van der Waals surface area contributed by atoms with E-state index in [1.165, 1.54) is 0 Å². The van der Waals surface area contributed by atoms with Gasteiger partial charge in [-0.15, -0.1) is 0 Å². The van der Waals surface area contributed by atoms with Gasteiger partial charge in [-0.05, 0) is 18.6 Å². The molecule has 1 saturated heterocycles. The highest BCUT2D eigenvalue weighted by Gasteiger charge is 2.21. The van der Waals surface area contributed by atoms with Gasteiger partial charge in [-0.3, -0.25) is 14.7 Å². The van der Waals surface area contributed by atoms with E-state index in [0.717, 1.165) is 36.1 Å². The summed E-state index contributed by atoms with van der Waals surface area (Å²) in [6.45, 7) is 4.18. The number of para-hydroxylation sites is 1. The van der Waals surface area contributed by atoms with Crippen molar-refractivity contribution in [2.45, 2.75) is 13.0 Å². The Labute approximate surface area is 136 Å². The number of nitrogens with zero attached hydrogens (tertiary/aromatic N) is 3. The molecule has 1 aromatic carbocycles. The molecule has 1 aliphatic rings. The fourth-order valence-electron chi connectivity index (χ4n) is 2.98. The van der Waals surface area contributed by atoms with E-state index in [2.05, 4.69) is 23.1 Å². The monoisotopic (exact) mass is 313 g/mol. The van der Waals surface area contributed by atoms with Crippen LogP contribution in [0, 0.1) is 0 Å². The van der Waals surface area contributed by atoms with Gasteiger partial charge in [0.2, 0.25) is 5.91 Å². The van der Waals surface area contributed by atoms with Crippen molar-refractivity contribution in [1.82, 2.24) is 14.8 Å². The first-order chi connectivity index (χ1) is 11.3. The van der Waals surface area contributed by atoms with Gasteiger partial charge in [0.1, 0.15) is 0 Å². The van der Waals surface area contributed by atoms with E-state index >= 15 is 0 Å². The van der Waals surface area contributed by atoms with Crippen molar-refractivity contribution >= 4 is 16.8 Å². The maximum atomic E-state index is 12.3. The summed E-state index contributed by atoms with van der Waals surface area (Å²) in [4.78, 5) is 21.1. The summed E-state index contributed by atoms with van der Waals surface area (Å²) in [5.74, 6) is 0.181. The minimum Gasteiger partial charge on any atom is -0.383 e. The number of hydrogen-bond acceptors (Lipinski definition) is 4. The fraction of sp³-hybridized carbons (Fsp3) is 0.444. The predicted molar refractivity (Wildman–Crippen MR) is 90.1 cm³/mol. The molecule has 23 heavy (non-hydrogen) atoms. The first-order valence-electron chi connectivity index (χ1n) is 8.10. The number of hydrogen-bond donors (Lipinski definition) is 0. The lowest BCUT2D eigenvalue weighted by atomic mass is 10.2. The van der Waals surface area contributed by atoms with Crippen LogP contribution < -0.4 is 0 Å². The van der Waals surface area contributed by atoms with Gasteiger partial charge in [0.15, 0.2) is 0 Å². The lowest BCUT2D eigenvalue weighted by Gasteiger charge is -2.21. The Kier molecular flexibility index (Phi) is 5.20. The van der Waals surface area contributed by atoms with Crippen LogP contribution in [0.25, 0.3) is 10.9 Å². The second-order valence-electron chi connectivity index (χ2n) is 5.93. The molecule has 3 rings (SSSR count). The van der Waals surface area contributed by atoms with Gasteiger partial charge in [0, 0.05) is 38.7 Å². The summed E-state index contributed by atoms with van der Waals surface area (Å²) < 4.78 is 5.08. The van der Waals surface area contributed by atoms with Gasteiger partial charge in [-0.2, -0.15) is 0 Å². The van der Waals surface area contributed by atoms with Crippen molar-refractivity contribution in [1.29, 1.82) is 0 Å². The van der Waals surface area contributed by atoms with Crippen LogP contribution in [0.5, 0.6) is 0 Å². The zero-order valence-electron chi connectivity index (χ0n) is 13.6. The first kappa shape index (κ1) is 15.9. The summed E-state index contributed by atoms with van der Waals surface area (Å²) >= 11 is 0. The van der Waals surface area contributed by atoms with E-state index in [4.69, 9.17) is 9.72 Å². The molecule has 0 saturated carbocycles. The third kappa shape index (κ3) is 4.06. The molecule has 122 valence electrons. The van der Waals surface area contributed by atoms with Crippen LogP contribution >= 0.6 is 0 Å². The Morgan fingerprint density at radius 2 is 2.04 bits per heavy atom. The first-order valence-corrected chi connectivity index (χ1v) is 8.10. The predicted octanol–water partition coefficient (Wildman–Crippen LogP) is 1.92. The Hall–Kier alpha value is -1.98. The van der Waals surface area contributed by atoms with Crippen LogP contribution in [0.3, 0.4) is 0 Å². The van der Waals surface area contributed by atoms with Crippen LogP contribution in [-0.2, 0) is 16.1 Å². The van der Waals surface area contributed by atoms with Crippen LogP contribution in [0.2, 0.25) is 0 Å². The number of carbonyl (C=O) groups excluding carboxylic acids is 1. The lowest BCUT2D eigenvalue weighted by molar-refractivity contribution is -0.131. The van der Waals surface area contributed by atoms with Crippen molar-refractivity contribution in [2.24, 2.45) is 0 Å². The molecular weight excluding hydrogens is 290 g/mol. The molecule has 0 unspecified atom stereocenters. The van der Waals surface area contributed by atoms with Crippen molar-refractivity contribution < 1.29 is 9.53 Å². The maximum Gasteiger partial charge on any atom is 0.236 e. The second kappa shape index (κ2) is 7.53. The normalized spacial score (nSPS) is 16.7. The summed E-state index contributed by atoms with van der Waals surface area (Å²) in [5.41, 5.74) is 2.02. The molecule has 1 aromatic heterocycles. The third-order valence-electron chi connectivity index (χ3n) is 4.22. The Bertz CT molecular complexity index is 674. The van der Waals surface area contributed by atoms with E-state index in [1.54, 1.807) is 7.11 Å². The highest BCUT2D eigenvalue weighted by molar-refractivity contribution is 5.79. The fourth-order valence-corrected chi connectivity index (χ4v) is 2.98. The average molecular weight is 313 g/mol. The molecule has 2 heterocycles. The molecule has 2 aromatic rings. The largest absolute Gasteiger partial charge is 0.383 e. The number of amides is 1. The molecule has 5 heteroatoms. The summed E-state index contributed by atoms with van der Waals surface area (Å²) in [7, 11) is 1.67. The molecule has 0 bridgehead atoms. The van der Waals surface area contributed by atoms with Gasteiger partial charge in [0.05, 0.1) is 24.4 Å². The molecule has 0 spiro atoms. The van der Waals surface area contributed by atoms with Gasteiger partial charge in [-0.25, -0.2) is 0 Å². The number of pyridine rings is 1. The number of carbonyl (C=O) groups is 1. The SMILES string of the molecule is COCCN1CCCN(Cc2ccc3ccccc3n2)CC1=O. The zero-order valence-corrected chi connectivity index (χ0v) is 13.6. The number of fused-ring (bicyclic) bond motifs is 1. The summed E-state index contributed by atoms with van der Waals surface area (Å²) in [5, 5.41) is 1.15. The van der Waals surface area contributed by atoms with Crippen LogP contribution in [0.15, 0.2) is 36.4 Å². The third-order valence-corrected chi connectivity index (χ3v) is 4.22. The van der Waals surface area contributed by atoms with E-state index in [-0.39, 0.29) is 5.91 Å². The molecule has 1 fully saturated rings. The molecule has 0 atom stereocenters. The van der Waals surface area contributed by atoms with E-state index < -0.39 is 0 Å². The summed E-state index contributed by atoms with van der Waals surface area (Å²) in [6.07, 6.45) is 0.989. The van der Waals surface area contributed by atoms with Gasteiger partial charge < -0.3 is 9.64 Å². The van der Waals surface area contributed by atoms with Crippen molar-refractivity contribution in [2.75, 3.05) is 39.9 Å². The van der Waals surface area contributed by atoms with Gasteiger partial charge in [0.25, 0.3) is 0 Å². The Morgan fingerprint density at radius 3 is 2.91 bits per heavy atom. The van der Waals surface area contributed by atoms with Crippen molar-refractivity contribution in [3.63, 3.8) is 0 Å². The lowest BCUT2D eigenvalue weighted by Crippen LogP contribution is -2.38. The number of methoxy groups -OCH3 is 1. The molecule has 0 radical (unpaired) electrons. The Balaban J connectivity index is 1.66. The van der Waals surface area contributed by atoms with Crippen LogP contribution in [-0.4, -0.2) is 60.6 Å². The highest BCUT2D eigenvalue weighted by atomic mass is 16.5. The molecule has 5 nitrogen and oxygen atoms in total. The van der Waals surface area contributed by atoms with Crippen LogP contribution in [0.1, 0.15) is 12.1 Å². The summed E-state index contributed by atoms with van der Waals surface area (Å²) in [6, 6.07) is 12.3. The van der Waals surface area contributed by atoms with Gasteiger partial charge in [-0.1, -0.05) is 24.3 Å². The second-order valence-corrected chi connectivity index (χ2v) is 5.93.